The van der Waals surface area contributed by atoms with Crippen LogP contribution in [-0.2, 0) is 4.74 Å². The summed E-state index contributed by atoms with van der Waals surface area (Å²) < 4.78 is 5.15. The fourth-order valence-electron chi connectivity index (χ4n) is 0.905. The molecule has 1 aliphatic rings. The predicted octanol–water partition coefficient (Wildman–Crippen LogP) is 1.43. The molecule has 1 atom stereocenters. The van der Waals surface area contributed by atoms with Gasteiger partial charge in [-0.25, -0.2) is 0 Å². The lowest BCUT2D eigenvalue weighted by Crippen LogP contribution is -1.94. The Morgan fingerprint density at radius 2 is 2.57 bits per heavy atom. The minimum Gasteiger partial charge on any atom is -0.381 e. The van der Waals surface area contributed by atoms with Gasteiger partial charge in [0.15, 0.2) is 0 Å². The molecule has 0 bridgehead atoms. The molecule has 0 unspecified atom stereocenters. The van der Waals surface area contributed by atoms with Crippen LogP contribution < -0.4 is 0 Å². The zero-order chi connectivity index (χ0) is 5.11. The first-order valence-corrected chi connectivity index (χ1v) is 3.01. The number of rotatable bonds is 1. The van der Waals surface area contributed by atoms with Gasteiger partial charge in [0.2, 0.25) is 0 Å². The van der Waals surface area contributed by atoms with Gasteiger partial charge in [-0.2, -0.15) is 0 Å². The van der Waals surface area contributed by atoms with Crippen LogP contribution in [0, 0.1) is 5.92 Å². The third kappa shape index (κ3) is 1.16. The van der Waals surface area contributed by atoms with Crippen LogP contribution in [0.4, 0.5) is 0 Å². The Morgan fingerprint density at radius 1 is 1.71 bits per heavy atom. The third-order valence-electron chi connectivity index (χ3n) is 1.60. The van der Waals surface area contributed by atoms with E-state index in [-0.39, 0.29) is 0 Å². The van der Waals surface area contributed by atoms with Gasteiger partial charge in [0.05, 0.1) is 0 Å². The normalized spacial score (nSPS) is 31.3. The van der Waals surface area contributed by atoms with E-state index >= 15 is 0 Å². The molecular weight excluding hydrogens is 88.1 g/mol. The second-order valence-electron chi connectivity index (χ2n) is 2.14. The highest BCUT2D eigenvalue weighted by Gasteiger charge is 2.11. The minimum absolute atomic E-state index is 0.875. The molecule has 0 aromatic rings. The van der Waals surface area contributed by atoms with Crippen LogP contribution >= 0.6 is 0 Å². The average Bonchev–Trinajstić information content (AvgIpc) is 2.14. The molecule has 0 aliphatic carbocycles. The first-order valence-electron chi connectivity index (χ1n) is 3.01. The van der Waals surface area contributed by atoms with Crippen LogP contribution in [0.25, 0.3) is 0 Å². The van der Waals surface area contributed by atoms with Crippen molar-refractivity contribution in [3.63, 3.8) is 0 Å². The van der Waals surface area contributed by atoms with Gasteiger partial charge >= 0.3 is 0 Å². The van der Waals surface area contributed by atoms with Crippen LogP contribution in [-0.4, -0.2) is 13.2 Å². The third-order valence-corrected chi connectivity index (χ3v) is 1.60. The van der Waals surface area contributed by atoms with Gasteiger partial charge in [0.25, 0.3) is 0 Å². The number of ether oxygens (including phenoxy) is 1. The summed E-state index contributed by atoms with van der Waals surface area (Å²) in [5.41, 5.74) is 0. The Hall–Kier alpha value is -0.0400. The maximum Gasteiger partial charge on any atom is 0.0495 e. The van der Waals surface area contributed by atoms with Crippen LogP contribution in [0.2, 0.25) is 0 Å². The fraction of sp³-hybridized carbons (Fsp3) is 1.00. The SMILES string of the molecule is CC[C@@H]1CCOC1. The van der Waals surface area contributed by atoms with Gasteiger partial charge in [0, 0.05) is 13.2 Å². The van der Waals surface area contributed by atoms with E-state index in [0.29, 0.717) is 0 Å². The molecule has 1 aliphatic heterocycles. The molecule has 0 saturated carbocycles. The molecule has 1 nitrogen and oxygen atoms in total. The zero-order valence-corrected chi connectivity index (χ0v) is 4.81. The smallest absolute Gasteiger partial charge is 0.0495 e. The Labute approximate surface area is 44.7 Å². The predicted molar refractivity (Wildman–Crippen MR) is 29.2 cm³/mol. The summed E-state index contributed by atoms with van der Waals surface area (Å²) in [6.45, 7) is 4.23. The summed E-state index contributed by atoms with van der Waals surface area (Å²) in [5, 5.41) is 0. The van der Waals surface area contributed by atoms with Crippen molar-refractivity contribution >= 4 is 0 Å². The fourth-order valence-corrected chi connectivity index (χ4v) is 0.905. The lowest BCUT2D eigenvalue weighted by Gasteiger charge is -1.97. The highest BCUT2D eigenvalue weighted by atomic mass is 16.5. The monoisotopic (exact) mass is 100 g/mol. The van der Waals surface area contributed by atoms with E-state index in [1.807, 2.05) is 0 Å². The van der Waals surface area contributed by atoms with E-state index in [1.165, 1.54) is 12.8 Å². The second kappa shape index (κ2) is 2.31. The first-order chi connectivity index (χ1) is 3.43. The van der Waals surface area contributed by atoms with Crippen molar-refractivity contribution in [1.82, 2.24) is 0 Å². The second-order valence-corrected chi connectivity index (χ2v) is 2.14. The summed E-state index contributed by atoms with van der Waals surface area (Å²) in [6.07, 6.45) is 2.58. The van der Waals surface area contributed by atoms with Crippen molar-refractivity contribution in [3.8, 4) is 0 Å². The van der Waals surface area contributed by atoms with Gasteiger partial charge in [-0.15, -0.1) is 0 Å². The molecule has 0 aromatic heterocycles. The van der Waals surface area contributed by atoms with Crippen LogP contribution in [0.3, 0.4) is 0 Å². The molecule has 0 spiro atoms. The summed E-state index contributed by atoms with van der Waals surface area (Å²) in [5.74, 6) is 0.875. The Kier molecular flexibility index (Phi) is 1.69. The van der Waals surface area contributed by atoms with Crippen molar-refractivity contribution in [3.05, 3.63) is 0 Å². The van der Waals surface area contributed by atoms with E-state index in [0.717, 1.165) is 19.1 Å². The molecule has 0 radical (unpaired) electrons. The standard InChI is InChI=1S/C6H12O/c1-2-6-3-4-7-5-6/h6H,2-5H2,1H3/t6-/m1/s1. The van der Waals surface area contributed by atoms with E-state index in [1.54, 1.807) is 0 Å². The van der Waals surface area contributed by atoms with Crippen molar-refractivity contribution < 1.29 is 4.74 Å². The summed E-state index contributed by atoms with van der Waals surface area (Å²) in [4.78, 5) is 0. The van der Waals surface area contributed by atoms with Gasteiger partial charge in [-0.05, 0) is 12.3 Å². The Morgan fingerprint density at radius 3 is 2.86 bits per heavy atom. The quantitative estimate of drug-likeness (QED) is 0.484. The lowest BCUT2D eigenvalue weighted by molar-refractivity contribution is 0.185. The lowest BCUT2D eigenvalue weighted by atomic mass is 10.1. The topological polar surface area (TPSA) is 9.23 Å². The highest BCUT2D eigenvalue weighted by molar-refractivity contribution is 4.60. The van der Waals surface area contributed by atoms with Crippen molar-refractivity contribution in [1.29, 1.82) is 0 Å². The average molecular weight is 100 g/mol. The van der Waals surface area contributed by atoms with E-state index in [4.69, 9.17) is 4.74 Å². The van der Waals surface area contributed by atoms with Gasteiger partial charge in [-0.3, -0.25) is 0 Å². The van der Waals surface area contributed by atoms with Crippen LogP contribution in [0.5, 0.6) is 0 Å². The highest BCUT2D eigenvalue weighted by Crippen LogP contribution is 2.14. The molecule has 42 valence electrons. The zero-order valence-electron chi connectivity index (χ0n) is 4.81. The first kappa shape index (κ1) is 5.10. The number of hydrogen-bond donors (Lipinski definition) is 0. The molecule has 0 amide bonds. The van der Waals surface area contributed by atoms with Gasteiger partial charge in [0.1, 0.15) is 0 Å². The summed E-state index contributed by atoms with van der Waals surface area (Å²) in [7, 11) is 0. The van der Waals surface area contributed by atoms with Crippen molar-refractivity contribution in [2.24, 2.45) is 5.92 Å². The minimum atomic E-state index is 0.875. The molecule has 1 rings (SSSR count). The number of hydrogen-bond acceptors (Lipinski definition) is 1. The molecular formula is C6H12O. The summed E-state index contributed by atoms with van der Waals surface area (Å²) in [6, 6.07) is 0. The summed E-state index contributed by atoms with van der Waals surface area (Å²) >= 11 is 0. The molecule has 1 fully saturated rings. The maximum atomic E-state index is 5.15. The van der Waals surface area contributed by atoms with Crippen molar-refractivity contribution in [2.75, 3.05) is 13.2 Å². The Balaban J connectivity index is 2.14. The molecule has 1 heteroatoms. The molecule has 1 saturated heterocycles. The van der Waals surface area contributed by atoms with Crippen LogP contribution in [0.1, 0.15) is 19.8 Å². The molecule has 0 aromatic carbocycles. The van der Waals surface area contributed by atoms with E-state index in [2.05, 4.69) is 6.92 Å². The Bertz CT molecular complexity index is 46.1. The van der Waals surface area contributed by atoms with Crippen LogP contribution in [0.15, 0.2) is 0 Å². The van der Waals surface area contributed by atoms with E-state index < -0.39 is 0 Å². The molecule has 1 heterocycles. The van der Waals surface area contributed by atoms with E-state index in [9.17, 15) is 0 Å². The van der Waals surface area contributed by atoms with Gasteiger partial charge < -0.3 is 4.74 Å². The largest absolute Gasteiger partial charge is 0.381 e. The molecule has 0 N–H and O–H groups in total. The van der Waals surface area contributed by atoms with Gasteiger partial charge in [-0.1, -0.05) is 13.3 Å². The van der Waals surface area contributed by atoms with Crippen molar-refractivity contribution in [2.45, 2.75) is 19.8 Å². The molecule has 7 heavy (non-hydrogen) atoms. The maximum absolute atomic E-state index is 5.15.